The zero-order chi connectivity index (χ0) is 12.5. The van der Waals surface area contributed by atoms with Crippen LogP contribution in [0.25, 0.3) is 0 Å². The molecular weight excluding hydrogens is 240 g/mol. The van der Waals surface area contributed by atoms with Gasteiger partial charge >= 0.3 is 0 Å². The number of fused-ring (bicyclic) bond motifs is 1. The number of carbonyl (C=O) groups excluding carboxylic acids is 1. The van der Waals surface area contributed by atoms with Crippen molar-refractivity contribution >= 4 is 15.9 Å². The fourth-order valence-corrected chi connectivity index (χ4v) is 3.46. The second kappa shape index (κ2) is 4.46. The summed E-state index contributed by atoms with van der Waals surface area (Å²) in [6, 6.07) is 6.28. The quantitative estimate of drug-likeness (QED) is 0.796. The Balaban J connectivity index is 2.31. The summed E-state index contributed by atoms with van der Waals surface area (Å²) in [5.74, 6) is -0.433. The van der Waals surface area contributed by atoms with Gasteiger partial charge in [0.1, 0.15) is 4.90 Å². The van der Waals surface area contributed by atoms with Gasteiger partial charge in [0.25, 0.3) is 15.9 Å². The van der Waals surface area contributed by atoms with E-state index in [0.717, 1.165) is 4.31 Å². The molecule has 1 aliphatic heterocycles. The standard InChI is InChI=1S/C11H14N2O3S/c12-7-3-4-8-13-11(14)9-5-1-2-6-10(9)17(13,15)16/h1-2,5-6H,3-4,7-8,12H2. The first-order chi connectivity index (χ1) is 8.09. The Morgan fingerprint density at radius 2 is 1.88 bits per heavy atom. The Kier molecular flexibility index (Phi) is 3.17. The summed E-state index contributed by atoms with van der Waals surface area (Å²) < 4.78 is 25.1. The number of amides is 1. The van der Waals surface area contributed by atoms with E-state index in [1.807, 2.05) is 0 Å². The van der Waals surface area contributed by atoms with Crippen molar-refractivity contribution in [3.63, 3.8) is 0 Å². The van der Waals surface area contributed by atoms with Crippen LogP contribution in [0.2, 0.25) is 0 Å². The largest absolute Gasteiger partial charge is 0.330 e. The van der Waals surface area contributed by atoms with Gasteiger partial charge in [-0.3, -0.25) is 4.79 Å². The first-order valence-corrected chi connectivity index (χ1v) is 6.89. The lowest BCUT2D eigenvalue weighted by molar-refractivity contribution is 0.0870. The van der Waals surface area contributed by atoms with E-state index in [1.54, 1.807) is 12.1 Å². The molecule has 0 fully saturated rings. The van der Waals surface area contributed by atoms with Crippen molar-refractivity contribution in [2.24, 2.45) is 5.73 Å². The lowest BCUT2D eigenvalue weighted by atomic mass is 10.2. The SMILES string of the molecule is NCCCCN1C(=O)c2ccccc2S1(=O)=O. The topological polar surface area (TPSA) is 80.5 Å². The molecule has 0 saturated carbocycles. The summed E-state index contributed by atoms with van der Waals surface area (Å²) >= 11 is 0. The Morgan fingerprint density at radius 3 is 2.53 bits per heavy atom. The molecule has 2 rings (SSSR count). The predicted octanol–water partition coefficient (Wildman–Crippen LogP) is 0.570. The van der Waals surface area contributed by atoms with Crippen LogP contribution < -0.4 is 5.73 Å². The van der Waals surface area contributed by atoms with Gasteiger partial charge in [-0.25, -0.2) is 12.7 Å². The van der Waals surface area contributed by atoms with Gasteiger partial charge in [-0.05, 0) is 31.5 Å². The van der Waals surface area contributed by atoms with Crippen LogP contribution in [0.3, 0.4) is 0 Å². The minimum absolute atomic E-state index is 0.109. The lowest BCUT2D eigenvalue weighted by Crippen LogP contribution is -2.31. The molecule has 0 unspecified atom stereocenters. The van der Waals surface area contributed by atoms with Crippen molar-refractivity contribution in [3.8, 4) is 0 Å². The van der Waals surface area contributed by atoms with Crippen LogP contribution in [-0.4, -0.2) is 31.7 Å². The third-order valence-corrected chi connectivity index (χ3v) is 4.57. The fourth-order valence-electron chi connectivity index (χ4n) is 1.85. The maximum absolute atomic E-state index is 12.1. The third-order valence-electron chi connectivity index (χ3n) is 2.73. The van der Waals surface area contributed by atoms with Gasteiger partial charge in [0.15, 0.2) is 0 Å². The van der Waals surface area contributed by atoms with E-state index < -0.39 is 15.9 Å². The number of sulfonamides is 1. The Bertz CT molecular complexity index is 539. The van der Waals surface area contributed by atoms with Crippen LogP contribution in [-0.2, 0) is 10.0 Å². The van der Waals surface area contributed by atoms with E-state index in [2.05, 4.69) is 0 Å². The molecule has 6 heteroatoms. The highest BCUT2D eigenvalue weighted by atomic mass is 32.2. The van der Waals surface area contributed by atoms with Gasteiger partial charge in [-0.2, -0.15) is 0 Å². The van der Waals surface area contributed by atoms with Gasteiger partial charge in [-0.1, -0.05) is 12.1 Å². The highest BCUT2D eigenvalue weighted by Gasteiger charge is 2.40. The number of hydrogen-bond acceptors (Lipinski definition) is 4. The molecular formula is C11H14N2O3S. The number of benzene rings is 1. The van der Waals surface area contributed by atoms with Crippen molar-refractivity contribution < 1.29 is 13.2 Å². The molecule has 5 nitrogen and oxygen atoms in total. The van der Waals surface area contributed by atoms with Gasteiger partial charge in [0.05, 0.1) is 5.56 Å². The van der Waals surface area contributed by atoms with E-state index in [0.29, 0.717) is 19.4 Å². The summed E-state index contributed by atoms with van der Waals surface area (Å²) in [5.41, 5.74) is 5.61. The van der Waals surface area contributed by atoms with E-state index in [1.165, 1.54) is 12.1 Å². The molecule has 0 aromatic heterocycles. The predicted molar refractivity (Wildman–Crippen MR) is 63.0 cm³/mol. The molecule has 92 valence electrons. The second-order valence-electron chi connectivity index (χ2n) is 3.87. The monoisotopic (exact) mass is 254 g/mol. The van der Waals surface area contributed by atoms with Crippen LogP contribution in [0.5, 0.6) is 0 Å². The molecule has 1 heterocycles. The van der Waals surface area contributed by atoms with Gasteiger partial charge in [0.2, 0.25) is 0 Å². The molecule has 1 aromatic carbocycles. The molecule has 2 N–H and O–H groups in total. The summed E-state index contributed by atoms with van der Waals surface area (Å²) in [7, 11) is -3.63. The molecule has 0 saturated heterocycles. The van der Waals surface area contributed by atoms with Crippen LogP contribution in [0.4, 0.5) is 0 Å². The van der Waals surface area contributed by atoms with Gasteiger partial charge in [0, 0.05) is 6.54 Å². The normalized spacial score (nSPS) is 17.2. The Labute approximate surface area is 100 Å². The van der Waals surface area contributed by atoms with Crippen molar-refractivity contribution in [1.29, 1.82) is 0 Å². The number of nitrogens with two attached hydrogens (primary N) is 1. The highest BCUT2D eigenvalue weighted by Crippen LogP contribution is 2.29. The smallest absolute Gasteiger partial charge is 0.269 e. The zero-order valence-electron chi connectivity index (χ0n) is 9.30. The zero-order valence-corrected chi connectivity index (χ0v) is 10.1. The van der Waals surface area contributed by atoms with Crippen LogP contribution in [0.15, 0.2) is 29.2 Å². The van der Waals surface area contributed by atoms with Crippen LogP contribution >= 0.6 is 0 Å². The van der Waals surface area contributed by atoms with Gasteiger partial charge < -0.3 is 5.73 Å². The lowest BCUT2D eigenvalue weighted by Gasteiger charge is -2.14. The number of hydrogen-bond donors (Lipinski definition) is 1. The summed E-state index contributed by atoms with van der Waals surface area (Å²) in [6.07, 6.45) is 1.30. The average Bonchev–Trinajstić information content (AvgIpc) is 2.51. The summed E-state index contributed by atoms with van der Waals surface area (Å²) in [6.45, 7) is 0.697. The maximum Gasteiger partial charge on any atom is 0.269 e. The Morgan fingerprint density at radius 1 is 1.18 bits per heavy atom. The molecule has 1 amide bonds. The summed E-state index contributed by atoms with van der Waals surface area (Å²) in [4.78, 5) is 12.0. The molecule has 17 heavy (non-hydrogen) atoms. The molecule has 0 atom stereocenters. The first kappa shape index (κ1) is 12.1. The second-order valence-corrected chi connectivity index (χ2v) is 5.70. The Hall–Kier alpha value is -1.40. The third kappa shape index (κ3) is 1.94. The first-order valence-electron chi connectivity index (χ1n) is 5.45. The molecule has 0 aliphatic carbocycles. The highest BCUT2D eigenvalue weighted by molar-refractivity contribution is 7.90. The van der Waals surface area contributed by atoms with E-state index in [4.69, 9.17) is 5.73 Å². The average molecular weight is 254 g/mol. The van der Waals surface area contributed by atoms with Gasteiger partial charge in [-0.15, -0.1) is 0 Å². The number of unbranched alkanes of at least 4 members (excludes halogenated alkanes) is 1. The van der Waals surface area contributed by atoms with E-state index in [9.17, 15) is 13.2 Å². The van der Waals surface area contributed by atoms with Crippen LogP contribution in [0, 0.1) is 0 Å². The van der Waals surface area contributed by atoms with Crippen molar-refractivity contribution in [1.82, 2.24) is 4.31 Å². The minimum atomic E-state index is -3.63. The van der Waals surface area contributed by atoms with Crippen molar-refractivity contribution in [2.75, 3.05) is 13.1 Å². The molecule has 0 radical (unpaired) electrons. The van der Waals surface area contributed by atoms with Crippen molar-refractivity contribution in [3.05, 3.63) is 29.8 Å². The van der Waals surface area contributed by atoms with E-state index >= 15 is 0 Å². The maximum atomic E-state index is 12.1. The molecule has 0 bridgehead atoms. The van der Waals surface area contributed by atoms with Crippen molar-refractivity contribution in [2.45, 2.75) is 17.7 Å². The molecule has 1 aliphatic rings. The summed E-state index contributed by atoms with van der Waals surface area (Å²) in [5, 5.41) is 0. The molecule has 1 aromatic rings. The fraction of sp³-hybridized carbons (Fsp3) is 0.364. The minimum Gasteiger partial charge on any atom is -0.330 e. The van der Waals surface area contributed by atoms with Crippen LogP contribution in [0.1, 0.15) is 23.2 Å². The number of nitrogens with zero attached hydrogens (tertiary/aromatic N) is 1. The number of rotatable bonds is 4. The number of carbonyl (C=O) groups is 1. The van der Waals surface area contributed by atoms with E-state index in [-0.39, 0.29) is 17.0 Å². The molecule has 0 spiro atoms.